The van der Waals surface area contributed by atoms with Gasteiger partial charge in [-0.15, -0.1) is 0 Å². The predicted octanol–water partition coefficient (Wildman–Crippen LogP) is 3.99. The van der Waals surface area contributed by atoms with Crippen LogP contribution in [0.25, 0.3) is 0 Å². The van der Waals surface area contributed by atoms with E-state index in [1.54, 1.807) is 31.2 Å². The van der Waals surface area contributed by atoms with Gasteiger partial charge in [0.25, 0.3) is 0 Å². The SMILES string of the molecule is CC12C(=O)OC(=O)C1C1c3ccccc3C2(COC(=O)c2ccccc2)c2ccccc21. The van der Waals surface area contributed by atoms with E-state index in [0.29, 0.717) is 5.56 Å². The Morgan fingerprint density at radius 2 is 1.44 bits per heavy atom. The molecule has 0 amide bonds. The largest absolute Gasteiger partial charge is 0.461 e. The highest BCUT2D eigenvalue weighted by Gasteiger charge is 2.75. The molecule has 2 atom stereocenters. The predicted molar refractivity (Wildman–Crippen MR) is 115 cm³/mol. The normalized spacial score (nSPS) is 29.0. The van der Waals surface area contributed by atoms with Crippen LogP contribution in [0.5, 0.6) is 0 Å². The monoisotopic (exact) mass is 424 g/mol. The van der Waals surface area contributed by atoms with Crippen molar-refractivity contribution in [3.8, 4) is 0 Å². The van der Waals surface area contributed by atoms with Gasteiger partial charge in [0.15, 0.2) is 0 Å². The molecule has 0 N–H and O–H groups in total. The fourth-order valence-electron chi connectivity index (χ4n) is 6.21. The summed E-state index contributed by atoms with van der Waals surface area (Å²) < 4.78 is 11.2. The molecular formula is C27H20O5. The van der Waals surface area contributed by atoms with Gasteiger partial charge in [0.1, 0.15) is 6.61 Å². The molecule has 32 heavy (non-hydrogen) atoms. The van der Waals surface area contributed by atoms with E-state index < -0.39 is 34.7 Å². The van der Waals surface area contributed by atoms with Crippen molar-refractivity contribution in [3.05, 3.63) is 107 Å². The Morgan fingerprint density at radius 1 is 0.875 bits per heavy atom. The van der Waals surface area contributed by atoms with Gasteiger partial charge in [-0.05, 0) is 41.3 Å². The minimum absolute atomic E-state index is 0.0726. The van der Waals surface area contributed by atoms with E-state index in [-0.39, 0.29) is 12.5 Å². The maximum absolute atomic E-state index is 13.3. The molecule has 2 unspecified atom stereocenters. The van der Waals surface area contributed by atoms with Crippen molar-refractivity contribution in [1.29, 1.82) is 0 Å². The van der Waals surface area contributed by atoms with Crippen LogP contribution in [0.2, 0.25) is 0 Å². The fourth-order valence-corrected chi connectivity index (χ4v) is 6.21. The smallest absolute Gasteiger partial charge is 0.338 e. The minimum atomic E-state index is -1.19. The molecule has 1 fully saturated rings. The highest BCUT2D eigenvalue weighted by atomic mass is 16.6. The van der Waals surface area contributed by atoms with Crippen molar-refractivity contribution >= 4 is 17.9 Å². The molecule has 0 radical (unpaired) electrons. The Labute approximate surface area is 185 Å². The van der Waals surface area contributed by atoms with Crippen molar-refractivity contribution in [2.45, 2.75) is 18.3 Å². The molecule has 4 aliphatic rings. The van der Waals surface area contributed by atoms with Crippen LogP contribution in [0.4, 0.5) is 0 Å². The molecule has 2 bridgehead atoms. The van der Waals surface area contributed by atoms with Crippen molar-refractivity contribution < 1.29 is 23.9 Å². The summed E-state index contributed by atoms with van der Waals surface area (Å²) in [6.45, 7) is 1.72. The third-order valence-electron chi connectivity index (χ3n) is 7.65. The summed E-state index contributed by atoms with van der Waals surface area (Å²) >= 11 is 0. The van der Waals surface area contributed by atoms with E-state index >= 15 is 0 Å². The molecule has 3 aromatic rings. The number of hydrogen-bond acceptors (Lipinski definition) is 5. The summed E-state index contributed by atoms with van der Waals surface area (Å²) in [6, 6.07) is 24.4. The second kappa shape index (κ2) is 6.39. The van der Waals surface area contributed by atoms with Crippen molar-refractivity contribution in [2.24, 2.45) is 11.3 Å². The van der Waals surface area contributed by atoms with Crippen molar-refractivity contribution in [2.75, 3.05) is 6.61 Å². The molecule has 7 rings (SSSR count). The Hall–Kier alpha value is -3.73. The van der Waals surface area contributed by atoms with E-state index in [1.165, 1.54) is 0 Å². The van der Waals surface area contributed by atoms with E-state index in [0.717, 1.165) is 22.3 Å². The second-order valence-electron chi connectivity index (χ2n) is 8.89. The lowest BCUT2D eigenvalue weighted by Gasteiger charge is -2.58. The highest BCUT2D eigenvalue weighted by molar-refractivity contribution is 6.03. The molecule has 1 aliphatic heterocycles. The third kappa shape index (κ3) is 2.11. The molecule has 3 aliphatic carbocycles. The Kier molecular flexibility index (Phi) is 3.79. The van der Waals surface area contributed by atoms with Gasteiger partial charge in [-0.1, -0.05) is 66.7 Å². The van der Waals surface area contributed by atoms with Crippen molar-refractivity contribution in [1.82, 2.24) is 0 Å². The minimum Gasteiger partial charge on any atom is -0.461 e. The Morgan fingerprint density at radius 3 is 2.06 bits per heavy atom. The van der Waals surface area contributed by atoms with Crippen LogP contribution < -0.4 is 0 Å². The van der Waals surface area contributed by atoms with Gasteiger partial charge in [-0.2, -0.15) is 0 Å². The maximum Gasteiger partial charge on any atom is 0.338 e. The van der Waals surface area contributed by atoms with Gasteiger partial charge in [0.2, 0.25) is 0 Å². The van der Waals surface area contributed by atoms with Crippen LogP contribution in [0.1, 0.15) is 45.5 Å². The van der Waals surface area contributed by atoms with Crippen LogP contribution in [0.15, 0.2) is 78.9 Å². The summed E-state index contributed by atoms with van der Waals surface area (Å²) in [7, 11) is 0. The summed E-state index contributed by atoms with van der Waals surface area (Å²) in [6.07, 6.45) is 0. The van der Waals surface area contributed by atoms with Gasteiger partial charge >= 0.3 is 17.9 Å². The molecule has 158 valence electrons. The second-order valence-corrected chi connectivity index (χ2v) is 8.89. The van der Waals surface area contributed by atoms with Crippen molar-refractivity contribution in [3.63, 3.8) is 0 Å². The highest BCUT2D eigenvalue weighted by Crippen LogP contribution is 2.69. The lowest BCUT2D eigenvalue weighted by molar-refractivity contribution is -0.156. The van der Waals surface area contributed by atoms with E-state index in [9.17, 15) is 14.4 Å². The first kappa shape index (κ1) is 19.0. The summed E-state index contributed by atoms with van der Waals surface area (Å²) in [4.78, 5) is 39.2. The molecule has 5 heteroatoms. The number of rotatable bonds is 3. The van der Waals surface area contributed by atoms with E-state index in [1.807, 2.05) is 54.6 Å². The first-order chi connectivity index (χ1) is 15.5. The number of carbonyl (C=O) groups excluding carboxylic acids is 3. The number of esters is 3. The topological polar surface area (TPSA) is 69.7 Å². The number of cyclic esters (lactones) is 2. The Bertz CT molecular complexity index is 1250. The molecule has 5 nitrogen and oxygen atoms in total. The first-order valence-electron chi connectivity index (χ1n) is 10.7. The molecule has 0 spiro atoms. The lowest BCUT2D eigenvalue weighted by atomic mass is 9.41. The van der Waals surface area contributed by atoms with Crippen LogP contribution in [0.3, 0.4) is 0 Å². The fraction of sp³-hybridized carbons (Fsp3) is 0.222. The first-order valence-corrected chi connectivity index (χ1v) is 10.7. The van der Waals surface area contributed by atoms with Gasteiger partial charge in [0.05, 0.1) is 22.3 Å². The standard InChI is InChI=1S/C27H20O5/c1-26-22(24(29)32-25(26)30)21-17-11-5-7-13-19(17)27(26,20-14-8-6-12-18(20)21)15-31-23(28)16-9-3-2-4-10-16/h2-14,21-22H,15H2,1H3. The molecule has 3 aromatic carbocycles. The third-order valence-corrected chi connectivity index (χ3v) is 7.65. The number of hydrogen-bond donors (Lipinski definition) is 0. The molecule has 0 aromatic heterocycles. The zero-order valence-corrected chi connectivity index (χ0v) is 17.4. The zero-order valence-electron chi connectivity index (χ0n) is 17.4. The van der Waals surface area contributed by atoms with Gasteiger partial charge in [-0.25, -0.2) is 4.79 Å². The Balaban J connectivity index is 1.59. The average Bonchev–Trinajstić information content (AvgIpc) is 3.07. The lowest BCUT2D eigenvalue weighted by Crippen LogP contribution is -2.62. The molecule has 1 heterocycles. The average molecular weight is 424 g/mol. The number of benzene rings is 3. The summed E-state index contributed by atoms with van der Waals surface area (Å²) in [5, 5.41) is 0. The molecular weight excluding hydrogens is 404 g/mol. The van der Waals surface area contributed by atoms with Crippen LogP contribution >= 0.6 is 0 Å². The molecule has 1 saturated heterocycles. The summed E-state index contributed by atoms with van der Waals surface area (Å²) in [5.41, 5.74) is 2.00. The van der Waals surface area contributed by atoms with Crippen LogP contribution in [-0.4, -0.2) is 24.5 Å². The number of carbonyl (C=O) groups is 3. The van der Waals surface area contributed by atoms with Crippen LogP contribution in [0, 0.1) is 11.3 Å². The summed E-state index contributed by atoms with van der Waals surface area (Å²) in [5.74, 6) is -2.49. The zero-order chi connectivity index (χ0) is 22.1. The number of ether oxygens (including phenoxy) is 2. The quantitative estimate of drug-likeness (QED) is 0.470. The van der Waals surface area contributed by atoms with E-state index in [4.69, 9.17) is 9.47 Å². The maximum atomic E-state index is 13.3. The van der Waals surface area contributed by atoms with E-state index in [2.05, 4.69) is 0 Å². The van der Waals surface area contributed by atoms with Gasteiger partial charge in [0, 0.05) is 5.92 Å². The van der Waals surface area contributed by atoms with Gasteiger partial charge < -0.3 is 9.47 Å². The molecule has 0 saturated carbocycles. The van der Waals surface area contributed by atoms with Crippen LogP contribution in [-0.2, 0) is 24.5 Å². The van der Waals surface area contributed by atoms with Gasteiger partial charge in [-0.3, -0.25) is 9.59 Å².